The SMILES string of the molecule is CNC(c1ccccc1)C(C)SC(C)C. The molecule has 0 heterocycles. The zero-order valence-corrected chi connectivity index (χ0v) is 10.8. The molecule has 1 aromatic rings. The zero-order chi connectivity index (χ0) is 11.3. The summed E-state index contributed by atoms with van der Waals surface area (Å²) in [5.41, 5.74) is 1.38. The maximum atomic E-state index is 3.40. The number of rotatable bonds is 5. The highest BCUT2D eigenvalue weighted by Gasteiger charge is 2.18. The third-order valence-electron chi connectivity index (χ3n) is 2.43. The van der Waals surface area contributed by atoms with E-state index in [1.54, 1.807) is 0 Å². The highest BCUT2D eigenvalue weighted by atomic mass is 32.2. The summed E-state index contributed by atoms with van der Waals surface area (Å²) in [4.78, 5) is 0. The van der Waals surface area contributed by atoms with Crippen LogP contribution in [0, 0.1) is 0 Å². The van der Waals surface area contributed by atoms with Crippen molar-refractivity contribution in [2.24, 2.45) is 0 Å². The summed E-state index contributed by atoms with van der Waals surface area (Å²) in [5.74, 6) is 0. The Kier molecular flexibility index (Phi) is 5.20. The van der Waals surface area contributed by atoms with Gasteiger partial charge in [-0.2, -0.15) is 11.8 Å². The molecule has 2 unspecified atom stereocenters. The first-order chi connectivity index (χ1) is 7.15. The van der Waals surface area contributed by atoms with E-state index in [4.69, 9.17) is 0 Å². The highest BCUT2D eigenvalue weighted by molar-refractivity contribution is 8.00. The minimum atomic E-state index is 0.443. The van der Waals surface area contributed by atoms with Gasteiger partial charge in [0.1, 0.15) is 0 Å². The summed E-state index contributed by atoms with van der Waals surface area (Å²) in [6, 6.07) is 11.1. The molecule has 84 valence electrons. The molecule has 0 bridgehead atoms. The quantitative estimate of drug-likeness (QED) is 0.820. The van der Waals surface area contributed by atoms with E-state index in [0.29, 0.717) is 16.5 Å². The van der Waals surface area contributed by atoms with Crippen LogP contribution in [-0.2, 0) is 0 Å². The van der Waals surface area contributed by atoms with Gasteiger partial charge in [-0.05, 0) is 17.9 Å². The van der Waals surface area contributed by atoms with Crippen LogP contribution in [0.3, 0.4) is 0 Å². The topological polar surface area (TPSA) is 12.0 Å². The zero-order valence-electron chi connectivity index (χ0n) is 10.0. The van der Waals surface area contributed by atoms with Gasteiger partial charge in [0, 0.05) is 11.3 Å². The number of benzene rings is 1. The van der Waals surface area contributed by atoms with Gasteiger partial charge < -0.3 is 5.32 Å². The third kappa shape index (κ3) is 3.88. The van der Waals surface area contributed by atoms with E-state index in [1.807, 2.05) is 18.8 Å². The Bertz CT molecular complexity index is 271. The largest absolute Gasteiger partial charge is 0.312 e. The van der Waals surface area contributed by atoms with Crippen LogP contribution in [0.25, 0.3) is 0 Å². The fourth-order valence-electron chi connectivity index (χ4n) is 1.84. The van der Waals surface area contributed by atoms with Crippen LogP contribution in [0.5, 0.6) is 0 Å². The molecule has 0 aliphatic carbocycles. The molecule has 0 saturated carbocycles. The maximum absolute atomic E-state index is 3.40. The molecule has 0 radical (unpaired) electrons. The average Bonchev–Trinajstić information content (AvgIpc) is 2.19. The Hall–Kier alpha value is -0.470. The summed E-state index contributed by atoms with van der Waals surface area (Å²) in [5, 5.41) is 4.68. The molecule has 2 heteroatoms. The van der Waals surface area contributed by atoms with Gasteiger partial charge in [0.25, 0.3) is 0 Å². The van der Waals surface area contributed by atoms with Crippen molar-refractivity contribution >= 4 is 11.8 Å². The Labute approximate surface area is 97.7 Å². The van der Waals surface area contributed by atoms with Crippen LogP contribution < -0.4 is 5.32 Å². The van der Waals surface area contributed by atoms with Crippen LogP contribution in [0.15, 0.2) is 30.3 Å². The minimum absolute atomic E-state index is 0.443. The Balaban J connectivity index is 2.71. The Morgan fingerprint density at radius 3 is 2.13 bits per heavy atom. The second-order valence-corrected chi connectivity index (χ2v) is 6.03. The van der Waals surface area contributed by atoms with Gasteiger partial charge in [-0.1, -0.05) is 51.1 Å². The normalized spacial score (nSPS) is 15.3. The lowest BCUT2D eigenvalue weighted by molar-refractivity contribution is 0.588. The summed E-state index contributed by atoms with van der Waals surface area (Å²) in [6.07, 6.45) is 0. The van der Waals surface area contributed by atoms with Crippen LogP contribution in [0.2, 0.25) is 0 Å². The molecular weight excluding hydrogens is 202 g/mol. The van der Waals surface area contributed by atoms with Gasteiger partial charge >= 0.3 is 0 Å². The number of hydrogen-bond acceptors (Lipinski definition) is 2. The summed E-state index contributed by atoms with van der Waals surface area (Å²) in [7, 11) is 2.04. The first-order valence-corrected chi connectivity index (χ1v) is 6.47. The molecule has 1 rings (SSSR count). The van der Waals surface area contributed by atoms with Crippen LogP contribution >= 0.6 is 11.8 Å². The monoisotopic (exact) mass is 223 g/mol. The van der Waals surface area contributed by atoms with Crippen molar-refractivity contribution in [3.05, 3.63) is 35.9 Å². The summed E-state index contributed by atoms with van der Waals surface area (Å²) >= 11 is 2.02. The lowest BCUT2D eigenvalue weighted by atomic mass is 10.0. The first-order valence-electron chi connectivity index (χ1n) is 5.52. The molecule has 0 spiro atoms. The molecule has 0 saturated heterocycles. The molecule has 2 atom stereocenters. The third-order valence-corrected chi connectivity index (χ3v) is 3.67. The second-order valence-electron chi connectivity index (χ2n) is 4.07. The molecule has 0 aromatic heterocycles. The molecule has 0 aliphatic heterocycles. The van der Waals surface area contributed by atoms with Crippen molar-refractivity contribution in [2.45, 2.75) is 37.3 Å². The van der Waals surface area contributed by atoms with Gasteiger partial charge in [0.2, 0.25) is 0 Å². The maximum Gasteiger partial charge on any atom is 0.0435 e. The van der Waals surface area contributed by atoms with Crippen LogP contribution in [0.1, 0.15) is 32.4 Å². The van der Waals surface area contributed by atoms with E-state index >= 15 is 0 Å². The number of hydrogen-bond donors (Lipinski definition) is 1. The lowest BCUT2D eigenvalue weighted by Gasteiger charge is -2.25. The van der Waals surface area contributed by atoms with Gasteiger partial charge in [-0.15, -0.1) is 0 Å². The van der Waals surface area contributed by atoms with Gasteiger partial charge in [0.05, 0.1) is 0 Å². The molecule has 1 nitrogen and oxygen atoms in total. The summed E-state index contributed by atoms with van der Waals surface area (Å²) < 4.78 is 0. The van der Waals surface area contributed by atoms with E-state index in [2.05, 4.69) is 56.4 Å². The molecule has 0 fully saturated rings. The van der Waals surface area contributed by atoms with Gasteiger partial charge in [-0.3, -0.25) is 0 Å². The molecule has 1 N–H and O–H groups in total. The fraction of sp³-hybridized carbons (Fsp3) is 0.538. The standard InChI is InChI=1S/C13H21NS/c1-10(2)15-11(3)13(14-4)12-8-6-5-7-9-12/h5-11,13-14H,1-4H3. The number of nitrogens with one attached hydrogen (secondary N) is 1. The smallest absolute Gasteiger partial charge is 0.0435 e. The summed E-state index contributed by atoms with van der Waals surface area (Å²) in [6.45, 7) is 6.79. The predicted octanol–water partition coefficient (Wildman–Crippen LogP) is 3.48. The number of thioether (sulfide) groups is 1. The molecule has 0 aliphatic rings. The highest BCUT2D eigenvalue weighted by Crippen LogP contribution is 2.28. The lowest BCUT2D eigenvalue weighted by Crippen LogP contribution is -2.26. The second kappa shape index (κ2) is 6.19. The van der Waals surface area contributed by atoms with Crippen LogP contribution in [0.4, 0.5) is 0 Å². The minimum Gasteiger partial charge on any atom is -0.312 e. The van der Waals surface area contributed by atoms with Gasteiger partial charge in [-0.25, -0.2) is 0 Å². The van der Waals surface area contributed by atoms with E-state index in [1.165, 1.54) is 5.56 Å². The first kappa shape index (κ1) is 12.6. The van der Waals surface area contributed by atoms with E-state index in [-0.39, 0.29) is 0 Å². The Morgan fingerprint density at radius 2 is 1.67 bits per heavy atom. The van der Waals surface area contributed by atoms with Crippen molar-refractivity contribution in [2.75, 3.05) is 7.05 Å². The van der Waals surface area contributed by atoms with Crippen molar-refractivity contribution in [3.8, 4) is 0 Å². The van der Waals surface area contributed by atoms with E-state index in [9.17, 15) is 0 Å². The molecule has 1 aromatic carbocycles. The average molecular weight is 223 g/mol. The fourth-order valence-corrected chi connectivity index (χ4v) is 3.15. The molecular formula is C13H21NS. The van der Waals surface area contributed by atoms with Crippen molar-refractivity contribution in [1.82, 2.24) is 5.32 Å². The Morgan fingerprint density at radius 1 is 1.07 bits per heavy atom. The van der Waals surface area contributed by atoms with E-state index in [0.717, 1.165) is 0 Å². The van der Waals surface area contributed by atoms with Crippen molar-refractivity contribution in [1.29, 1.82) is 0 Å². The van der Waals surface area contributed by atoms with E-state index < -0.39 is 0 Å². The van der Waals surface area contributed by atoms with Crippen molar-refractivity contribution in [3.63, 3.8) is 0 Å². The molecule has 0 amide bonds. The van der Waals surface area contributed by atoms with Gasteiger partial charge in [0.15, 0.2) is 0 Å². The predicted molar refractivity (Wildman–Crippen MR) is 70.4 cm³/mol. The molecule has 15 heavy (non-hydrogen) atoms. The van der Waals surface area contributed by atoms with Crippen LogP contribution in [-0.4, -0.2) is 17.5 Å². The van der Waals surface area contributed by atoms with Crippen molar-refractivity contribution < 1.29 is 0 Å².